The fraction of sp³-hybridized carbons (Fsp3) is 0.160. The number of Topliss-reactive ketones (excluding diaryl/α,β-unsaturated/α-hetero) is 1. The van der Waals surface area contributed by atoms with E-state index >= 15 is 0 Å². The summed E-state index contributed by atoms with van der Waals surface area (Å²) in [4.78, 5) is 15.3. The predicted octanol–water partition coefficient (Wildman–Crippen LogP) is 6.38. The number of aryl methyl sites for hydroxylation is 1. The molecule has 0 N–H and O–H groups in total. The zero-order valence-electron chi connectivity index (χ0n) is 16.8. The molecule has 0 radical (unpaired) electrons. The molecule has 3 aromatic carbocycles. The molecule has 2 aliphatic rings. The highest BCUT2D eigenvalue weighted by Gasteiger charge is 2.35. The molecule has 2 aliphatic heterocycles. The number of allylic oxidation sites excluding steroid dienone is 1. The number of hydrogen-bond acceptors (Lipinski definition) is 4. The van der Waals surface area contributed by atoms with Crippen molar-refractivity contribution in [3.8, 4) is 11.5 Å². The Morgan fingerprint density at radius 3 is 2.74 bits per heavy atom. The van der Waals surface area contributed by atoms with Crippen LogP contribution in [-0.4, -0.2) is 17.4 Å². The summed E-state index contributed by atoms with van der Waals surface area (Å²) in [6, 6.07) is 17.5. The number of carbonyl (C=O) groups is 1. The van der Waals surface area contributed by atoms with Gasteiger partial charge < -0.3 is 9.47 Å². The lowest BCUT2D eigenvalue weighted by atomic mass is 9.98. The molecule has 5 rings (SSSR count). The zero-order valence-corrected chi connectivity index (χ0v) is 19.2. The van der Waals surface area contributed by atoms with Gasteiger partial charge in [0.15, 0.2) is 5.76 Å². The highest BCUT2D eigenvalue weighted by atomic mass is 79.9. The largest absolute Gasteiger partial charge is 0.478 e. The minimum atomic E-state index is -0.0925. The number of rotatable bonds is 3. The molecule has 0 unspecified atom stereocenters. The summed E-state index contributed by atoms with van der Waals surface area (Å²) in [6.07, 6.45) is 1.79. The number of fused-ring (bicyclic) bond motifs is 3. The van der Waals surface area contributed by atoms with Crippen LogP contribution in [0.15, 0.2) is 64.8 Å². The maximum atomic E-state index is 13.1. The Morgan fingerprint density at radius 2 is 1.97 bits per heavy atom. The molecule has 6 heteroatoms. The first-order valence-electron chi connectivity index (χ1n) is 9.94. The SMILES string of the molecule is Cc1cc2c(c3c1C(=O)/C(=C/c1cccc(Br)c1)O3)CN(Cc1ccc(Cl)cc1)CO2. The van der Waals surface area contributed by atoms with Crippen molar-refractivity contribution in [3.05, 3.63) is 97.7 Å². The topological polar surface area (TPSA) is 38.8 Å². The predicted molar refractivity (Wildman–Crippen MR) is 124 cm³/mol. The molecule has 0 fully saturated rings. The molecule has 0 saturated heterocycles. The summed E-state index contributed by atoms with van der Waals surface area (Å²) in [5.74, 6) is 1.63. The number of hydrogen-bond donors (Lipinski definition) is 0. The van der Waals surface area contributed by atoms with Crippen LogP contribution in [0.2, 0.25) is 5.02 Å². The average molecular weight is 497 g/mol. The highest BCUT2D eigenvalue weighted by molar-refractivity contribution is 9.10. The van der Waals surface area contributed by atoms with Crippen molar-refractivity contribution in [2.75, 3.05) is 6.73 Å². The summed E-state index contributed by atoms with van der Waals surface area (Å²) in [7, 11) is 0. The van der Waals surface area contributed by atoms with Crippen LogP contribution in [0.4, 0.5) is 0 Å². The molecular formula is C25H19BrClNO3. The van der Waals surface area contributed by atoms with Crippen LogP contribution in [0.3, 0.4) is 0 Å². The number of nitrogens with zero attached hydrogens (tertiary/aromatic N) is 1. The monoisotopic (exact) mass is 495 g/mol. The lowest BCUT2D eigenvalue weighted by Gasteiger charge is -2.30. The zero-order chi connectivity index (χ0) is 21.5. The van der Waals surface area contributed by atoms with Crippen LogP contribution in [0.1, 0.15) is 32.6 Å². The smallest absolute Gasteiger partial charge is 0.232 e. The summed E-state index contributed by atoms with van der Waals surface area (Å²) >= 11 is 9.47. The van der Waals surface area contributed by atoms with E-state index in [-0.39, 0.29) is 5.78 Å². The number of halogens is 2. The third kappa shape index (κ3) is 4.01. The Hall–Kier alpha value is -2.60. The molecule has 2 heterocycles. The molecule has 156 valence electrons. The van der Waals surface area contributed by atoms with Crippen molar-refractivity contribution < 1.29 is 14.3 Å². The van der Waals surface area contributed by atoms with Crippen molar-refractivity contribution in [1.29, 1.82) is 0 Å². The Kier molecular flexibility index (Phi) is 5.34. The first-order chi connectivity index (χ1) is 15.0. The van der Waals surface area contributed by atoms with E-state index in [9.17, 15) is 4.79 Å². The van der Waals surface area contributed by atoms with E-state index in [0.29, 0.717) is 41.9 Å². The van der Waals surface area contributed by atoms with Crippen LogP contribution in [0.5, 0.6) is 11.5 Å². The van der Waals surface area contributed by atoms with Gasteiger partial charge in [-0.1, -0.05) is 51.8 Å². The van der Waals surface area contributed by atoms with E-state index in [1.54, 1.807) is 6.08 Å². The van der Waals surface area contributed by atoms with Crippen LogP contribution < -0.4 is 9.47 Å². The van der Waals surface area contributed by atoms with Crippen molar-refractivity contribution in [3.63, 3.8) is 0 Å². The van der Waals surface area contributed by atoms with Crippen LogP contribution in [-0.2, 0) is 13.1 Å². The summed E-state index contributed by atoms with van der Waals surface area (Å²) in [5.41, 5.74) is 4.44. The minimum absolute atomic E-state index is 0.0925. The first kappa shape index (κ1) is 20.3. The van der Waals surface area contributed by atoms with Gasteiger partial charge in [0.25, 0.3) is 0 Å². The van der Waals surface area contributed by atoms with Gasteiger partial charge in [0.2, 0.25) is 5.78 Å². The van der Waals surface area contributed by atoms with Gasteiger partial charge in [-0.15, -0.1) is 0 Å². The molecule has 0 aliphatic carbocycles. The van der Waals surface area contributed by atoms with E-state index in [2.05, 4.69) is 20.8 Å². The van der Waals surface area contributed by atoms with Gasteiger partial charge in [-0.25, -0.2) is 0 Å². The maximum Gasteiger partial charge on any atom is 0.232 e. The second-order valence-corrected chi connectivity index (χ2v) is 9.11. The first-order valence-corrected chi connectivity index (χ1v) is 11.1. The van der Waals surface area contributed by atoms with E-state index in [1.165, 1.54) is 0 Å². The van der Waals surface area contributed by atoms with Gasteiger partial charge in [0.1, 0.15) is 18.2 Å². The average Bonchev–Trinajstić information content (AvgIpc) is 3.07. The number of ether oxygens (including phenoxy) is 2. The van der Waals surface area contributed by atoms with Gasteiger partial charge in [-0.05, 0) is 60.0 Å². The lowest BCUT2D eigenvalue weighted by molar-refractivity contribution is 0.0872. The number of ketones is 1. The third-order valence-electron chi connectivity index (χ3n) is 5.45. The van der Waals surface area contributed by atoms with Gasteiger partial charge >= 0.3 is 0 Å². The standard InChI is InChI=1S/C25H19BrClNO3/c1-15-9-21-20(13-28(14-30-21)12-16-5-7-19(27)8-6-16)25-23(15)24(29)22(31-25)11-17-3-2-4-18(26)10-17/h2-11H,12-14H2,1H3/b22-11-. The van der Waals surface area contributed by atoms with Crippen molar-refractivity contribution in [2.24, 2.45) is 0 Å². The van der Waals surface area contributed by atoms with Crippen molar-refractivity contribution in [2.45, 2.75) is 20.0 Å². The Bertz CT molecular complexity index is 1220. The highest BCUT2D eigenvalue weighted by Crippen LogP contribution is 2.44. The maximum absolute atomic E-state index is 13.1. The van der Waals surface area contributed by atoms with E-state index in [1.807, 2.05) is 61.5 Å². The number of carbonyl (C=O) groups excluding carboxylic acids is 1. The minimum Gasteiger partial charge on any atom is -0.478 e. The molecule has 4 nitrogen and oxygen atoms in total. The Balaban J connectivity index is 1.46. The van der Waals surface area contributed by atoms with Crippen molar-refractivity contribution >= 4 is 39.4 Å². The molecule has 0 spiro atoms. The van der Waals surface area contributed by atoms with E-state index in [0.717, 1.165) is 32.5 Å². The normalized spacial score (nSPS) is 16.6. The molecule has 0 aromatic heterocycles. The second-order valence-electron chi connectivity index (χ2n) is 7.76. The number of benzene rings is 3. The molecule has 0 amide bonds. The summed E-state index contributed by atoms with van der Waals surface area (Å²) in [6.45, 7) is 3.75. The second kappa shape index (κ2) is 8.15. The van der Waals surface area contributed by atoms with Crippen LogP contribution >= 0.6 is 27.5 Å². The van der Waals surface area contributed by atoms with E-state index < -0.39 is 0 Å². The van der Waals surface area contributed by atoms with Crippen LogP contribution in [0, 0.1) is 6.92 Å². The fourth-order valence-electron chi connectivity index (χ4n) is 3.97. The van der Waals surface area contributed by atoms with Gasteiger partial charge in [-0.3, -0.25) is 9.69 Å². The molecule has 0 bridgehead atoms. The Labute approximate surface area is 194 Å². The van der Waals surface area contributed by atoms with Gasteiger partial charge in [-0.2, -0.15) is 0 Å². The van der Waals surface area contributed by atoms with Crippen LogP contribution in [0.25, 0.3) is 6.08 Å². The molecule has 3 aromatic rings. The van der Waals surface area contributed by atoms with Gasteiger partial charge in [0, 0.05) is 22.6 Å². The fourth-order valence-corrected chi connectivity index (χ4v) is 4.52. The molecule has 0 saturated carbocycles. The molecule has 31 heavy (non-hydrogen) atoms. The summed E-state index contributed by atoms with van der Waals surface area (Å²) < 4.78 is 13.1. The van der Waals surface area contributed by atoms with Crippen molar-refractivity contribution in [1.82, 2.24) is 4.90 Å². The third-order valence-corrected chi connectivity index (χ3v) is 6.20. The summed E-state index contributed by atoms with van der Waals surface area (Å²) in [5, 5.41) is 0.717. The van der Waals surface area contributed by atoms with Gasteiger partial charge in [0.05, 0.1) is 11.1 Å². The molecular weight excluding hydrogens is 478 g/mol. The van der Waals surface area contributed by atoms with E-state index in [4.69, 9.17) is 21.1 Å². The lowest BCUT2D eigenvalue weighted by Crippen LogP contribution is -2.31. The quantitative estimate of drug-likeness (QED) is 0.395. The Morgan fingerprint density at radius 1 is 1.16 bits per heavy atom. The molecule has 0 atom stereocenters.